The van der Waals surface area contributed by atoms with Gasteiger partial charge in [0.1, 0.15) is 18.0 Å². The van der Waals surface area contributed by atoms with Gasteiger partial charge in [-0.1, -0.05) is 12.2 Å². The van der Waals surface area contributed by atoms with E-state index in [-0.39, 0.29) is 42.0 Å². The molecule has 3 amide bonds. The van der Waals surface area contributed by atoms with E-state index in [2.05, 4.69) is 17.5 Å². The SMILES string of the molecule is COc1ccc(OC)c(NC(=O)CN2C(=O)[C@H]3[C@@H]4C=C[C@@H]([C@H]5C[C@H]45)[C@@H]3C2=O)c1. The zero-order valence-electron chi connectivity index (χ0n) is 15.8. The van der Waals surface area contributed by atoms with Gasteiger partial charge in [0.2, 0.25) is 17.7 Å². The van der Waals surface area contributed by atoms with E-state index in [1.54, 1.807) is 18.2 Å². The lowest BCUT2D eigenvalue weighted by molar-refractivity contribution is -0.142. The Morgan fingerprint density at radius 2 is 1.71 bits per heavy atom. The van der Waals surface area contributed by atoms with Gasteiger partial charge in [-0.3, -0.25) is 19.3 Å². The van der Waals surface area contributed by atoms with Crippen molar-refractivity contribution in [3.63, 3.8) is 0 Å². The van der Waals surface area contributed by atoms with Gasteiger partial charge < -0.3 is 14.8 Å². The fourth-order valence-corrected chi connectivity index (χ4v) is 5.42. The number of nitrogens with one attached hydrogen (secondary N) is 1. The number of nitrogens with zero attached hydrogens (tertiary/aromatic N) is 1. The van der Waals surface area contributed by atoms with Crippen LogP contribution < -0.4 is 14.8 Å². The second-order valence-electron chi connectivity index (χ2n) is 8.03. The van der Waals surface area contributed by atoms with Crippen molar-refractivity contribution >= 4 is 23.4 Å². The number of allylic oxidation sites excluding steroid dienone is 2. The van der Waals surface area contributed by atoms with Gasteiger partial charge in [-0.15, -0.1) is 0 Å². The molecule has 1 aromatic rings. The summed E-state index contributed by atoms with van der Waals surface area (Å²) in [6.07, 6.45) is 5.36. The van der Waals surface area contributed by atoms with Crippen LogP contribution in [0.3, 0.4) is 0 Å². The summed E-state index contributed by atoms with van der Waals surface area (Å²) in [6, 6.07) is 5.05. The molecule has 6 rings (SSSR count). The Morgan fingerprint density at radius 1 is 1.07 bits per heavy atom. The fourth-order valence-electron chi connectivity index (χ4n) is 5.42. The first-order chi connectivity index (χ1) is 13.5. The summed E-state index contributed by atoms with van der Waals surface area (Å²) >= 11 is 0. The summed E-state index contributed by atoms with van der Waals surface area (Å²) in [5.74, 6) is 1.03. The Hall–Kier alpha value is -2.83. The number of carbonyl (C=O) groups is 3. The van der Waals surface area contributed by atoms with Crippen LogP contribution in [-0.4, -0.2) is 43.4 Å². The largest absolute Gasteiger partial charge is 0.497 e. The second-order valence-corrected chi connectivity index (χ2v) is 8.03. The van der Waals surface area contributed by atoms with Crippen molar-refractivity contribution in [2.75, 3.05) is 26.1 Å². The molecule has 0 spiro atoms. The lowest BCUT2D eigenvalue weighted by Gasteiger charge is -2.37. The minimum atomic E-state index is -0.433. The molecule has 1 N–H and O–H groups in total. The highest BCUT2D eigenvalue weighted by Gasteiger charge is 2.67. The molecule has 1 saturated heterocycles. The molecule has 0 radical (unpaired) electrons. The minimum absolute atomic E-state index is 0.156. The molecule has 146 valence electrons. The van der Waals surface area contributed by atoms with Crippen LogP contribution in [0.5, 0.6) is 11.5 Å². The topological polar surface area (TPSA) is 84.9 Å². The first kappa shape index (κ1) is 17.3. The summed E-state index contributed by atoms with van der Waals surface area (Å²) in [6.45, 7) is -0.278. The number of ether oxygens (including phenoxy) is 2. The van der Waals surface area contributed by atoms with Gasteiger partial charge in [0.15, 0.2) is 0 Å². The minimum Gasteiger partial charge on any atom is -0.497 e. The van der Waals surface area contributed by atoms with E-state index in [0.717, 1.165) is 11.3 Å². The summed E-state index contributed by atoms with van der Waals surface area (Å²) < 4.78 is 10.4. The number of likely N-dealkylation sites (tertiary alicyclic amines) is 1. The summed E-state index contributed by atoms with van der Waals surface area (Å²) in [4.78, 5) is 39.7. The average Bonchev–Trinajstić information content (AvgIpc) is 3.49. The molecule has 0 aromatic heterocycles. The standard InChI is InChI=1S/C21H22N2O5/c1-27-10-3-6-16(28-2)15(7-10)22-17(24)9-23-20(25)18-11-4-5-12(14-8-13(11)14)19(18)21(23)26/h3-7,11-14,18-19H,8-9H2,1-2H3,(H,22,24)/t11-,12+,13-,14-,18+,19+/m1/s1. The lowest BCUT2D eigenvalue weighted by atomic mass is 9.63. The Labute approximate surface area is 162 Å². The lowest BCUT2D eigenvalue weighted by Crippen LogP contribution is -2.40. The Balaban J connectivity index is 1.33. The third-order valence-corrected chi connectivity index (χ3v) is 6.74. The molecule has 5 aliphatic rings. The average molecular weight is 382 g/mol. The molecular formula is C21H22N2O5. The number of amides is 3. The first-order valence-electron chi connectivity index (χ1n) is 9.59. The number of benzene rings is 1. The molecule has 0 unspecified atom stereocenters. The zero-order chi connectivity index (χ0) is 19.6. The van der Waals surface area contributed by atoms with Gasteiger partial charge in [0.05, 0.1) is 31.7 Å². The van der Waals surface area contributed by atoms with Crippen molar-refractivity contribution in [3.05, 3.63) is 30.4 Å². The number of imide groups is 1. The van der Waals surface area contributed by atoms with Crippen molar-refractivity contribution < 1.29 is 23.9 Å². The normalized spacial score (nSPS) is 34.1. The Morgan fingerprint density at radius 3 is 2.29 bits per heavy atom. The third kappa shape index (κ3) is 2.38. The van der Waals surface area contributed by atoms with Gasteiger partial charge in [-0.05, 0) is 42.2 Å². The van der Waals surface area contributed by atoms with Crippen molar-refractivity contribution in [2.45, 2.75) is 6.42 Å². The summed E-state index contributed by atoms with van der Waals surface area (Å²) in [5.41, 5.74) is 0.436. The first-order valence-corrected chi connectivity index (χ1v) is 9.59. The van der Waals surface area contributed by atoms with Crippen LogP contribution in [0.15, 0.2) is 30.4 Å². The third-order valence-electron chi connectivity index (χ3n) is 6.74. The van der Waals surface area contributed by atoms with Gasteiger partial charge in [-0.25, -0.2) is 0 Å². The second kappa shape index (κ2) is 6.09. The summed E-state index contributed by atoms with van der Waals surface area (Å²) in [7, 11) is 3.04. The van der Waals surface area contributed by atoms with E-state index in [1.807, 2.05) is 0 Å². The number of methoxy groups -OCH3 is 2. The number of carbonyl (C=O) groups excluding carboxylic acids is 3. The maximum atomic E-state index is 13.0. The van der Waals surface area contributed by atoms with Crippen LogP contribution in [0.2, 0.25) is 0 Å². The molecule has 1 aromatic carbocycles. The monoisotopic (exact) mass is 382 g/mol. The van der Waals surface area contributed by atoms with Gasteiger partial charge in [-0.2, -0.15) is 0 Å². The van der Waals surface area contributed by atoms with Crippen LogP contribution in [0, 0.1) is 35.5 Å². The Kier molecular flexibility index (Phi) is 3.76. The zero-order valence-corrected chi connectivity index (χ0v) is 15.8. The quantitative estimate of drug-likeness (QED) is 0.619. The smallest absolute Gasteiger partial charge is 0.244 e. The molecule has 4 aliphatic carbocycles. The van der Waals surface area contributed by atoms with Crippen LogP contribution in [0.25, 0.3) is 0 Å². The van der Waals surface area contributed by atoms with Crippen molar-refractivity contribution in [2.24, 2.45) is 35.5 Å². The highest BCUT2D eigenvalue weighted by molar-refractivity contribution is 6.09. The number of hydrogen-bond donors (Lipinski definition) is 1. The fraction of sp³-hybridized carbons (Fsp3) is 0.476. The molecule has 1 heterocycles. The molecule has 1 aliphatic heterocycles. The van der Waals surface area contributed by atoms with Crippen LogP contribution in [-0.2, 0) is 14.4 Å². The number of hydrogen-bond acceptors (Lipinski definition) is 5. The molecule has 6 atom stereocenters. The van der Waals surface area contributed by atoms with E-state index in [9.17, 15) is 14.4 Å². The summed E-state index contributed by atoms with van der Waals surface area (Å²) in [5, 5.41) is 2.74. The number of anilines is 1. The van der Waals surface area contributed by atoms with Gasteiger partial charge >= 0.3 is 0 Å². The molecular weight excluding hydrogens is 360 g/mol. The number of rotatable bonds is 5. The molecule has 7 nitrogen and oxygen atoms in total. The van der Waals surface area contributed by atoms with Crippen molar-refractivity contribution in [1.29, 1.82) is 0 Å². The Bertz CT molecular complexity index is 874. The van der Waals surface area contributed by atoms with E-state index >= 15 is 0 Å². The molecule has 3 fully saturated rings. The van der Waals surface area contributed by atoms with E-state index in [1.165, 1.54) is 14.2 Å². The van der Waals surface area contributed by atoms with Gasteiger partial charge in [0, 0.05) is 6.07 Å². The maximum absolute atomic E-state index is 13.0. The maximum Gasteiger partial charge on any atom is 0.244 e. The molecule has 28 heavy (non-hydrogen) atoms. The van der Waals surface area contributed by atoms with Crippen molar-refractivity contribution in [1.82, 2.24) is 4.90 Å². The van der Waals surface area contributed by atoms with Crippen LogP contribution in [0.1, 0.15) is 6.42 Å². The van der Waals surface area contributed by atoms with E-state index in [0.29, 0.717) is 29.0 Å². The van der Waals surface area contributed by atoms with Crippen LogP contribution in [0.4, 0.5) is 5.69 Å². The van der Waals surface area contributed by atoms with E-state index < -0.39 is 5.91 Å². The van der Waals surface area contributed by atoms with Gasteiger partial charge in [0.25, 0.3) is 0 Å². The molecule has 2 bridgehead atoms. The van der Waals surface area contributed by atoms with Crippen LogP contribution >= 0.6 is 0 Å². The predicted octanol–water partition coefficient (Wildman–Crippen LogP) is 1.70. The molecule has 7 heteroatoms. The highest BCUT2D eigenvalue weighted by atomic mass is 16.5. The van der Waals surface area contributed by atoms with Crippen molar-refractivity contribution in [3.8, 4) is 11.5 Å². The highest BCUT2D eigenvalue weighted by Crippen LogP contribution is 2.65. The van der Waals surface area contributed by atoms with E-state index in [4.69, 9.17) is 9.47 Å². The predicted molar refractivity (Wildman–Crippen MR) is 99.6 cm³/mol. The molecule has 2 saturated carbocycles.